The van der Waals surface area contributed by atoms with Crippen molar-refractivity contribution in [1.82, 2.24) is 14.7 Å². The lowest BCUT2D eigenvalue weighted by Gasteiger charge is -2.26. The second-order valence-electron chi connectivity index (χ2n) is 5.24. The zero-order valence-electron chi connectivity index (χ0n) is 9.91. The summed E-state index contributed by atoms with van der Waals surface area (Å²) in [7, 11) is 1.91. The molecule has 2 fully saturated rings. The second kappa shape index (κ2) is 3.74. The molecule has 2 heterocycles. The molecule has 1 saturated carbocycles. The van der Waals surface area contributed by atoms with Gasteiger partial charge in [0.15, 0.2) is 0 Å². The fourth-order valence-electron chi connectivity index (χ4n) is 3.28. The van der Waals surface area contributed by atoms with Crippen molar-refractivity contribution in [3.05, 3.63) is 16.4 Å². The lowest BCUT2D eigenvalue weighted by atomic mass is 10.1. The average molecular weight is 240 g/mol. The summed E-state index contributed by atoms with van der Waals surface area (Å²) in [6.45, 7) is 4.30. The van der Waals surface area contributed by atoms with E-state index in [0.29, 0.717) is 0 Å². The predicted octanol–water partition coefficient (Wildman–Crippen LogP) is 2.37. The van der Waals surface area contributed by atoms with Crippen molar-refractivity contribution in [3.63, 3.8) is 0 Å². The molecule has 0 spiro atoms. The van der Waals surface area contributed by atoms with E-state index >= 15 is 0 Å². The van der Waals surface area contributed by atoms with Crippen molar-refractivity contribution in [2.75, 3.05) is 6.54 Å². The summed E-state index contributed by atoms with van der Waals surface area (Å²) in [4.78, 5) is 2.59. The second-order valence-corrected chi connectivity index (χ2v) is 5.60. The predicted molar refractivity (Wildman–Crippen MR) is 64.5 cm³/mol. The normalized spacial score (nSPS) is 29.2. The highest BCUT2D eigenvalue weighted by Crippen LogP contribution is 2.38. The van der Waals surface area contributed by atoms with E-state index in [2.05, 4.69) is 16.9 Å². The maximum Gasteiger partial charge on any atom is 0.131 e. The molecule has 88 valence electrons. The van der Waals surface area contributed by atoms with E-state index < -0.39 is 0 Å². The summed E-state index contributed by atoms with van der Waals surface area (Å²) in [6.07, 6.45) is 4.21. The average Bonchev–Trinajstić information content (AvgIpc) is 2.90. The molecule has 0 amide bonds. The van der Waals surface area contributed by atoms with Gasteiger partial charge in [0, 0.05) is 31.7 Å². The Labute approximate surface area is 101 Å². The Kier molecular flexibility index (Phi) is 2.48. The summed E-state index contributed by atoms with van der Waals surface area (Å²) >= 11 is 6.27. The molecule has 0 radical (unpaired) electrons. The van der Waals surface area contributed by atoms with Crippen molar-refractivity contribution < 1.29 is 0 Å². The van der Waals surface area contributed by atoms with Crippen molar-refractivity contribution in [3.8, 4) is 0 Å². The van der Waals surface area contributed by atoms with E-state index in [4.69, 9.17) is 11.6 Å². The Hall–Kier alpha value is -0.540. The first-order valence-corrected chi connectivity index (χ1v) is 6.45. The third-order valence-corrected chi connectivity index (χ3v) is 4.63. The van der Waals surface area contributed by atoms with Gasteiger partial charge < -0.3 is 0 Å². The largest absolute Gasteiger partial charge is 0.296 e. The van der Waals surface area contributed by atoms with Crippen LogP contribution in [0, 0.1) is 12.8 Å². The van der Waals surface area contributed by atoms with E-state index in [1.807, 2.05) is 7.05 Å². The molecule has 1 aliphatic carbocycles. The van der Waals surface area contributed by atoms with E-state index in [0.717, 1.165) is 29.4 Å². The highest BCUT2D eigenvalue weighted by Gasteiger charge is 2.38. The van der Waals surface area contributed by atoms with E-state index in [1.54, 1.807) is 4.68 Å². The minimum Gasteiger partial charge on any atom is -0.296 e. The van der Waals surface area contributed by atoms with Crippen LogP contribution in [0.4, 0.5) is 0 Å². The lowest BCUT2D eigenvalue weighted by molar-refractivity contribution is 0.205. The molecule has 3 rings (SSSR count). The molecule has 2 bridgehead atoms. The van der Waals surface area contributed by atoms with Crippen LogP contribution in [0.1, 0.15) is 30.5 Å². The summed E-state index contributed by atoms with van der Waals surface area (Å²) < 4.78 is 1.78. The van der Waals surface area contributed by atoms with Gasteiger partial charge >= 0.3 is 0 Å². The lowest BCUT2D eigenvalue weighted by Crippen LogP contribution is -2.31. The number of piperidine rings is 1. The van der Waals surface area contributed by atoms with Crippen LogP contribution in [0.3, 0.4) is 0 Å². The zero-order valence-corrected chi connectivity index (χ0v) is 10.7. The number of aryl methyl sites for hydroxylation is 2. The van der Waals surface area contributed by atoms with Crippen LogP contribution in [-0.2, 0) is 13.6 Å². The van der Waals surface area contributed by atoms with Crippen molar-refractivity contribution in [2.45, 2.75) is 38.8 Å². The number of nitrogens with zero attached hydrogens (tertiary/aromatic N) is 3. The first-order chi connectivity index (χ1) is 7.65. The van der Waals surface area contributed by atoms with Crippen LogP contribution in [0.25, 0.3) is 0 Å². The molecule has 1 aromatic rings. The molecule has 1 saturated heterocycles. The summed E-state index contributed by atoms with van der Waals surface area (Å²) in [5, 5.41) is 5.18. The topological polar surface area (TPSA) is 21.1 Å². The number of aromatic nitrogens is 2. The van der Waals surface area contributed by atoms with Crippen LogP contribution in [0.2, 0.25) is 5.15 Å². The van der Waals surface area contributed by atoms with Gasteiger partial charge in [-0.2, -0.15) is 5.10 Å². The maximum absolute atomic E-state index is 6.27. The molecule has 2 unspecified atom stereocenters. The first-order valence-electron chi connectivity index (χ1n) is 6.07. The fraction of sp³-hybridized carbons (Fsp3) is 0.750. The SMILES string of the molecule is Cc1nn(C)c(Cl)c1CN1CC2CCC1C2. The minimum absolute atomic E-state index is 0.806. The van der Waals surface area contributed by atoms with Crippen LogP contribution in [0.5, 0.6) is 0 Å². The highest BCUT2D eigenvalue weighted by molar-refractivity contribution is 6.30. The maximum atomic E-state index is 6.27. The molecule has 1 aliphatic heterocycles. The minimum atomic E-state index is 0.806. The van der Waals surface area contributed by atoms with Crippen molar-refractivity contribution in [1.29, 1.82) is 0 Å². The summed E-state index contributed by atoms with van der Waals surface area (Å²) in [5.74, 6) is 0.945. The molecule has 4 heteroatoms. The Morgan fingerprint density at radius 2 is 2.25 bits per heavy atom. The first kappa shape index (κ1) is 10.6. The molecule has 2 atom stereocenters. The van der Waals surface area contributed by atoms with E-state index in [1.165, 1.54) is 31.4 Å². The molecule has 0 aromatic carbocycles. The quantitative estimate of drug-likeness (QED) is 0.790. The third kappa shape index (κ3) is 1.57. The standard InChI is InChI=1S/C12H18ClN3/c1-8-11(12(13)15(2)14-8)7-16-6-9-3-4-10(16)5-9/h9-10H,3-7H2,1-2H3. The van der Waals surface area contributed by atoms with E-state index in [9.17, 15) is 0 Å². The van der Waals surface area contributed by atoms with Crippen molar-refractivity contribution >= 4 is 11.6 Å². The van der Waals surface area contributed by atoms with Crippen LogP contribution < -0.4 is 0 Å². The zero-order chi connectivity index (χ0) is 11.3. The van der Waals surface area contributed by atoms with Crippen LogP contribution in [-0.4, -0.2) is 27.3 Å². The number of likely N-dealkylation sites (tertiary alicyclic amines) is 1. The van der Waals surface area contributed by atoms with Crippen molar-refractivity contribution in [2.24, 2.45) is 13.0 Å². The molecule has 0 N–H and O–H groups in total. The highest BCUT2D eigenvalue weighted by atomic mass is 35.5. The Balaban J connectivity index is 1.79. The Morgan fingerprint density at radius 3 is 2.75 bits per heavy atom. The van der Waals surface area contributed by atoms with Crippen LogP contribution in [0.15, 0.2) is 0 Å². The van der Waals surface area contributed by atoms with Gasteiger partial charge in [0.05, 0.1) is 5.69 Å². The number of halogens is 1. The van der Waals surface area contributed by atoms with Gasteiger partial charge in [0.25, 0.3) is 0 Å². The van der Waals surface area contributed by atoms with Crippen LogP contribution >= 0.6 is 11.6 Å². The molecular formula is C12H18ClN3. The van der Waals surface area contributed by atoms with Gasteiger partial charge in [-0.1, -0.05) is 11.6 Å². The van der Waals surface area contributed by atoms with Gasteiger partial charge in [-0.15, -0.1) is 0 Å². The van der Waals surface area contributed by atoms with Gasteiger partial charge in [0.1, 0.15) is 5.15 Å². The summed E-state index contributed by atoms with van der Waals surface area (Å²) in [6, 6.07) is 0.806. The van der Waals surface area contributed by atoms with Gasteiger partial charge in [-0.25, -0.2) is 0 Å². The third-order valence-electron chi connectivity index (χ3n) is 4.15. The Bertz CT molecular complexity index is 413. The number of hydrogen-bond donors (Lipinski definition) is 0. The number of fused-ring (bicyclic) bond motifs is 2. The van der Waals surface area contributed by atoms with E-state index in [-0.39, 0.29) is 0 Å². The fourth-order valence-corrected chi connectivity index (χ4v) is 3.51. The monoisotopic (exact) mass is 239 g/mol. The Morgan fingerprint density at radius 1 is 1.44 bits per heavy atom. The molecule has 2 aliphatic rings. The molecule has 1 aromatic heterocycles. The van der Waals surface area contributed by atoms with Gasteiger partial charge in [-0.05, 0) is 32.1 Å². The molecular weight excluding hydrogens is 222 g/mol. The summed E-state index contributed by atoms with van der Waals surface area (Å²) in [5.41, 5.74) is 2.30. The number of rotatable bonds is 2. The number of hydrogen-bond acceptors (Lipinski definition) is 2. The van der Waals surface area contributed by atoms with Gasteiger partial charge in [-0.3, -0.25) is 9.58 Å². The van der Waals surface area contributed by atoms with Gasteiger partial charge in [0.2, 0.25) is 0 Å². The molecule has 16 heavy (non-hydrogen) atoms. The molecule has 3 nitrogen and oxygen atoms in total. The smallest absolute Gasteiger partial charge is 0.131 e.